The van der Waals surface area contributed by atoms with E-state index in [-0.39, 0.29) is 30.3 Å². The Morgan fingerprint density at radius 2 is 1.83 bits per heavy atom. The van der Waals surface area contributed by atoms with E-state index in [4.69, 9.17) is 10.8 Å². The number of hydrogen-bond donors (Lipinski definition) is 6. The zero-order chi connectivity index (χ0) is 18.2. The minimum Gasteiger partial charge on any atom is -0.480 e. The minimum absolute atomic E-state index is 0.0356. The first-order chi connectivity index (χ1) is 10.5. The van der Waals surface area contributed by atoms with Gasteiger partial charge in [-0.3, -0.25) is 19.2 Å². The van der Waals surface area contributed by atoms with Crippen LogP contribution >= 0.6 is 33.3 Å². The lowest BCUT2D eigenvalue weighted by Gasteiger charge is -2.22. The standard InChI is InChI=1S/C12H23N3O5S3/c1-23(2,22)10(17)5-14-11(18)8(6-21)15-9(16)4-3-7(13)12(19)20/h7-8,21-22H,3-6,13H2,1-2H3,(H,14,18)(H,15,16)(H,19,20). The third-order valence-electron chi connectivity index (χ3n) is 2.80. The maximum absolute atomic E-state index is 11.9. The molecule has 0 aromatic rings. The van der Waals surface area contributed by atoms with Crippen LogP contribution < -0.4 is 16.4 Å². The summed E-state index contributed by atoms with van der Waals surface area (Å²) < 4.78 is 0. The summed E-state index contributed by atoms with van der Waals surface area (Å²) in [6.07, 6.45) is 3.21. The topological polar surface area (TPSA) is 139 Å². The third kappa shape index (κ3) is 9.08. The minimum atomic E-state index is -1.72. The van der Waals surface area contributed by atoms with Crippen molar-refractivity contribution in [2.24, 2.45) is 5.73 Å². The van der Waals surface area contributed by atoms with E-state index in [1.165, 1.54) is 0 Å². The number of carboxylic acid groups (broad SMARTS) is 1. The number of nitrogens with two attached hydrogens (primary N) is 1. The van der Waals surface area contributed by atoms with E-state index in [9.17, 15) is 19.2 Å². The lowest BCUT2D eigenvalue weighted by molar-refractivity contribution is -0.138. The van der Waals surface area contributed by atoms with E-state index in [1.807, 2.05) is 0 Å². The van der Waals surface area contributed by atoms with Gasteiger partial charge >= 0.3 is 5.97 Å². The van der Waals surface area contributed by atoms with Crippen LogP contribution in [0.4, 0.5) is 0 Å². The lowest BCUT2D eigenvalue weighted by Crippen LogP contribution is -2.49. The van der Waals surface area contributed by atoms with Crippen molar-refractivity contribution in [1.82, 2.24) is 10.6 Å². The molecule has 8 nitrogen and oxygen atoms in total. The van der Waals surface area contributed by atoms with Gasteiger partial charge < -0.3 is 21.5 Å². The van der Waals surface area contributed by atoms with Crippen molar-refractivity contribution in [2.75, 3.05) is 24.8 Å². The van der Waals surface area contributed by atoms with Crippen LogP contribution in [-0.4, -0.2) is 64.9 Å². The van der Waals surface area contributed by atoms with Gasteiger partial charge in [-0.2, -0.15) is 12.6 Å². The molecule has 0 aromatic carbocycles. The Bertz CT molecular complexity index is 467. The Morgan fingerprint density at radius 1 is 1.26 bits per heavy atom. The van der Waals surface area contributed by atoms with Gasteiger partial charge in [0.1, 0.15) is 12.1 Å². The normalized spacial score (nSPS) is 14.5. The fraction of sp³-hybridized carbons (Fsp3) is 0.667. The highest BCUT2D eigenvalue weighted by Crippen LogP contribution is 2.44. The maximum atomic E-state index is 11.9. The molecular formula is C12H23N3O5S3. The van der Waals surface area contributed by atoms with Crippen LogP contribution in [0, 0.1) is 0 Å². The second kappa shape index (κ2) is 10.1. The fourth-order valence-corrected chi connectivity index (χ4v) is 2.21. The summed E-state index contributed by atoms with van der Waals surface area (Å²) in [6, 6.07) is -2.06. The molecule has 0 aliphatic heterocycles. The number of carbonyl (C=O) groups is 4. The Hall–Kier alpha value is -0.910. The van der Waals surface area contributed by atoms with E-state index in [0.29, 0.717) is 0 Å². The fourth-order valence-electron chi connectivity index (χ4n) is 1.33. The Labute approximate surface area is 146 Å². The Balaban J connectivity index is 4.37. The molecule has 0 aliphatic rings. The monoisotopic (exact) mass is 385 g/mol. The number of aliphatic carboxylic acids is 1. The quantitative estimate of drug-likeness (QED) is 0.226. The summed E-state index contributed by atoms with van der Waals surface area (Å²) in [4.78, 5) is 45.9. The first-order valence-corrected chi connectivity index (χ1v) is 10.8. The number of nitrogens with one attached hydrogen (secondary N) is 2. The second-order valence-electron chi connectivity index (χ2n) is 5.15. The van der Waals surface area contributed by atoms with Crippen LogP contribution in [0.1, 0.15) is 12.8 Å². The molecule has 0 rings (SSSR count). The van der Waals surface area contributed by atoms with Gasteiger partial charge in [-0.15, -0.1) is 20.7 Å². The third-order valence-corrected chi connectivity index (χ3v) is 5.03. The molecule has 2 amide bonds. The van der Waals surface area contributed by atoms with Gasteiger partial charge in [0, 0.05) is 12.2 Å². The van der Waals surface area contributed by atoms with Gasteiger partial charge in [0.15, 0.2) is 5.12 Å². The van der Waals surface area contributed by atoms with Gasteiger partial charge in [0.25, 0.3) is 0 Å². The molecule has 0 saturated carbocycles. The van der Waals surface area contributed by atoms with E-state index in [2.05, 4.69) is 34.9 Å². The summed E-state index contributed by atoms with van der Waals surface area (Å²) in [5.74, 6) is -2.21. The molecule has 11 heteroatoms. The Kier molecular flexibility index (Phi) is 9.66. The number of carbonyl (C=O) groups excluding carboxylic acids is 3. The van der Waals surface area contributed by atoms with Gasteiger partial charge in [-0.1, -0.05) is 0 Å². The molecule has 23 heavy (non-hydrogen) atoms. The van der Waals surface area contributed by atoms with Crippen LogP contribution in [0.5, 0.6) is 0 Å². The molecule has 2 atom stereocenters. The number of hydrogen-bond acceptors (Lipinski definition) is 7. The molecule has 0 saturated heterocycles. The van der Waals surface area contributed by atoms with Crippen molar-refractivity contribution in [1.29, 1.82) is 0 Å². The SMILES string of the molecule is CS(C)(S)C(=O)CNC(=O)C(CS)NC(=O)CCC(N)C(=O)O. The molecule has 0 aliphatic carbocycles. The zero-order valence-electron chi connectivity index (χ0n) is 12.9. The molecule has 0 spiro atoms. The van der Waals surface area contributed by atoms with E-state index in [1.54, 1.807) is 12.5 Å². The van der Waals surface area contributed by atoms with Crippen LogP contribution in [0.15, 0.2) is 0 Å². The van der Waals surface area contributed by atoms with Gasteiger partial charge in [0.05, 0.1) is 6.54 Å². The van der Waals surface area contributed by atoms with Crippen molar-refractivity contribution in [2.45, 2.75) is 24.9 Å². The predicted molar refractivity (Wildman–Crippen MR) is 97.1 cm³/mol. The molecule has 0 heterocycles. The van der Waals surface area contributed by atoms with Gasteiger partial charge in [-0.25, -0.2) is 0 Å². The van der Waals surface area contributed by atoms with Crippen molar-refractivity contribution in [3.63, 3.8) is 0 Å². The van der Waals surface area contributed by atoms with Crippen molar-refractivity contribution < 1.29 is 24.3 Å². The number of thiol groups is 2. The van der Waals surface area contributed by atoms with Gasteiger partial charge in [-0.05, 0) is 18.9 Å². The first-order valence-electron chi connectivity index (χ1n) is 6.64. The highest BCUT2D eigenvalue weighted by atomic mass is 33.1. The number of carboxylic acids is 1. The van der Waals surface area contributed by atoms with E-state index >= 15 is 0 Å². The van der Waals surface area contributed by atoms with E-state index < -0.39 is 38.9 Å². The van der Waals surface area contributed by atoms with Crippen LogP contribution in [0.2, 0.25) is 0 Å². The highest BCUT2D eigenvalue weighted by Gasteiger charge is 2.23. The van der Waals surface area contributed by atoms with Crippen LogP contribution in [0.3, 0.4) is 0 Å². The van der Waals surface area contributed by atoms with Crippen molar-refractivity contribution >= 4 is 56.2 Å². The van der Waals surface area contributed by atoms with Crippen LogP contribution in [0.25, 0.3) is 0 Å². The van der Waals surface area contributed by atoms with E-state index in [0.717, 1.165) is 0 Å². The maximum Gasteiger partial charge on any atom is 0.320 e. The second-order valence-corrected chi connectivity index (χ2v) is 11.3. The summed E-state index contributed by atoms with van der Waals surface area (Å²) >= 11 is 8.17. The Morgan fingerprint density at radius 3 is 2.26 bits per heavy atom. The summed E-state index contributed by atoms with van der Waals surface area (Å²) in [7, 11) is -1.72. The number of rotatable bonds is 9. The summed E-state index contributed by atoms with van der Waals surface area (Å²) in [5, 5.41) is 13.3. The number of amides is 2. The van der Waals surface area contributed by atoms with Gasteiger partial charge in [0.2, 0.25) is 11.8 Å². The smallest absolute Gasteiger partial charge is 0.320 e. The molecule has 5 N–H and O–H groups in total. The average molecular weight is 386 g/mol. The predicted octanol–water partition coefficient (Wildman–Crippen LogP) is -0.855. The molecule has 0 aromatic heterocycles. The highest BCUT2D eigenvalue weighted by molar-refractivity contribution is 8.93. The van der Waals surface area contributed by atoms with Crippen LogP contribution in [-0.2, 0) is 19.2 Å². The largest absolute Gasteiger partial charge is 0.480 e. The lowest BCUT2D eigenvalue weighted by atomic mass is 10.1. The molecule has 134 valence electrons. The molecular weight excluding hydrogens is 362 g/mol. The summed E-state index contributed by atoms with van der Waals surface area (Å²) in [5.41, 5.74) is 5.29. The molecule has 2 unspecified atom stereocenters. The average Bonchev–Trinajstić information content (AvgIpc) is 2.45. The van der Waals surface area contributed by atoms with Crippen molar-refractivity contribution in [3.8, 4) is 0 Å². The first kappa shape index (κ1) is 22.1. The summed E-state index contributed by atoms with van der Waals surface area (Å²) in [6.45, 7) is -0.172. The molecule has 0 bridgehead atoms. The van der Waals surface area contributed by atoms with Crippen molar-refractivity contribution in [3.05, 3.63) is 0 Å². The zero-order valence-corrected chi connectivity index (χ0v) is 15.5. The molecule has 0 radical (unpaired) electrons. The molecule has 0 fully saturated rings.